The van der Waals surface area contributed by atoms with Crippen molar-refractivity contribution in [2.75, 3.05) is 7.11 Å². The zero-order valence-corrected chi connectivity index (χ0v) is 19.4. The van der Waals surface area contributed by atoms with Gasteiger partial charge in [0.1, 0.15) is 5.75 Å². The van der Waals surface area contributed by atoms with Gasteiger partial charge in [0.15, 0.2) is 0 Å². The molecule has 0 aliphatic carbocycles. The summed E-state index contributed by atoms with van der Waals surface area (Å²) in [6, 6.07) is 25.7. The van der Waals surface area contributed by atoms with Crippen molar-refractivity contribution in [1.82, 2.24) is 0 Å². The summed E-state index contributed by atoms with van der Waals surface area (Å²) in [6.45, 7) is 2.12. The van der Waals surface area contributed by atoms with Crippen molar-refractivity contribution in [2.45, 2.75) is 37.2 Å². The van der Waals surface area contributed by atoms with Gasteiger partial charge in [-0.15, -0.1) is 0 Å². The summed E-state index contributed by atoms with van der Waals surface area (Å²) in [4.78, 5) is 0.178. The maximum absolute atomic E-state index is 10.9. The first-order chi connectivity index (χ1) is 14.4. The molecule has 30 heavy (non-hydrogen) atoms. The van der Waals surface area contributed by atoms with E-state index in [1.807, 2.05) is 24.3 Å². The molecule has 0 fully saturated rings. The van der Waals surface area contributed by atoms with Gasteiger partial charge in [-0.05, 0) is 59.7 Å². The monoisotopic (exact) mass is 443 g/mol. The molecule has 0 saturated carbocycles. The maximum Gasteiger partial charge on any atom is 0.238 e. The van der Waals surface area contributed by atoms with E-state index in [2.05, 4.69) is 49.4 Å². The van der Waals surface area contributed by atoms with E-state index in [-0.39, 0.29) is 4.90 Å². The molecule has 0 aromatic heterocycles. The van der Waals surface area contributed by atoms with Crippen LogP contribution in [0.5, 0.6) is 5.75 Å². The van der Waals surface area contributed by atoms with Crippen LogP contribution in [0.4, 0.5) is 0 Å². The third-order valence-electron chi connectivity index (χ3n) is 4.50. The highest BCUT2D eigenvalue weighted by atomic mass is 32.2. The summed E-state index contributed by atoms with van der Waals surface area (Å²) < 4.78 is 27.0. The van der Waals surface area contributed by atoms with Gasteiger partial charge in [-0.2, -0.15) is 0 Å². The Morgan fingerprint density at radius 2 is 1.47 bits per heavy atom. The number of hydrogen-bond acceptors (Lipinski definition) is 3. The van der Waals surface area contributed by atoms with Crippen molar-refractivity contribution in [3.63, 3.8) is 0 Å². The Bertz CT molecular complexity index is 973. The van der Waals surface area contributed by atoms with Gasteiger partial charge in [0, 0.05) is 0 Å². The van der Waals surface area contributed by atoms with E-state index in [1.165, 1.54) is 10.9 Å². The first kappa shape index (κ1) is 24.1. The molecule has 0 spiro atoms. The lowest BCUT2D eigenvalue weighted by Crippen LogP contribution is -2.11. The molecular formula is C24H30NO3PS. The Hall–Kier alpha value is -2.20. The van der Waals surface area contributed by atoms with Crippen LogP contribution in [0.2, 0.25) is 0 Å². The van der Waals surface area contributed by atoms with Gasteiger partial charge in [-0.25, -0.2) is 13.6 Å². The van der Waals surface area contributed by atoms with E-state index in [1.54, 1.807) is 19.2 Å². The lowest BCUT2D eigenvalue weighted by molar-refractivity contribution is 0.414. The topological polar surface area (TPSA) is 69.4 Å². The molecule has 0 amide bonds. The second-order valence-corrected chi connectivity index (χ2v) is 9.71. The summed E-state index contributed by atoms with van der Waals surface area (Å²) >= 11 is 0. The minimum Gasteiger partial charge on any atom is -0.497 e. The molecule has 1 unspecified atom stereocenters. The number of unbranched alkanes of at least 4 members (excludes halogenated alkanes) is 1. The molecule has 0 aliphatic heterocycles. The number of aryl methyl sites for hydroxylation is 1. The fraction of sp³-hybridized carbons (Fsp3) is 0.250. The molecule has 4 nitrogen and oxygen atoms in total. The van der Waals surface area contributed by atoms with Crippen LogP contribution in [0.3, 0.4) is 0 Å². The standard InChI is InChI=1S/C14H15OP.C10H15NO2S/c1-15-13-9-7-12(8-10-13)11-16-14-5-3-2-4-6-14;1-2-3-4-9-5-7-10(8-6-9)14(11,12)13/h2-10,16H,11H2,1H3;5-8H,2-4H2,1H3,(H2,11,12,13). The number of hydrogen-bond donors (Lipinski definition) is 1. The molecular weight excluding hydrogens is 413 g/mol. The van der Waals surface area contributed by atoms with E-state index in [9.17, 15) is 8.42 Å². The maximum atomic E-state index is 10.9. The number of nitrogens with two attached hydrogens (primary N) is 1. The smallest absolute Gasteiger partial charge is 0.238 e. The van der Waals surface area contributed by atoms with Crippen LogP contribution in [0.15, 0.2) is 83.8 Å². The average molecular weight is 444 g/mol. The van der Waals surface area contributed by atoms with E-state index >= 15 is 0 Å². The van der Waals surface area contributed by atoms with Crippen LogP contribution in [0.1, 0.15) is 30.9 Å². The van der Waals surface area contributed by atoms with Crippen LogP contribution >= 0.6 is 8.58 Å². The summed E-state index contributed by atoms with van der Waals surface area (Å²) in [6.07, 6.45) is 4.35. The molecule has 6 heteroatoms. The second-order valence-electron chi connectivity index (χ2n) is 6.86. The van der Waals surface area contributed by atoms with Gasteiger partial charge in [0.25, 0.3) is 0 Å². The van der Waals surface area contributed by atoms with Gasteiger partial charge in [0.05, 0.1) is 12.0 Å². The highest BCUT2D eigenvalue weighted by Gasteiger charge is 2.06. The van der Waals surface area contributed by atoms with E-state index in [0.29, 0.717) is 0 Å². The molecule has 0 heterocycles. The number of rotatable bonds is 8. The molecule has 3 rings (SSSR count). The highest BCUT2D eigenvalue weighted by Crippen LogP contribution is 2.20. The van der Waals surface area contributed by atoms with Gasteiger partial charge in [-0.1, -0.05) is 76.5 Å². The van der Waals surface area contributed by atoms with Gasteiger partial charge >= 0.3 is 0 Å². The first-order valence-electron chi connectivity index (χ1n) is 9.96. The Balaban J connectivity index is 0.000000216. The molecule has 1 atom stereocenters. The van der Waals surface area contributed by atoms with Gasteiger partial charge < -0.3 is 4.74 Å². The summed E-state index contributed by atoms with van der Waals surface area (Å²) in [5, 5.41) is 6.39. The van der Waals surface area contributed by atoms with Crippen molar-refractivity contribution >= 4 is 23.9 Å². The van der Waals surface area contributed by atoms with E-state index in [0.717, 1.165) is 45.3 Å². The number of benzene rings is 3. The number of primary sulfonamides is 1. The van der Waals surface area contributed by atoms with Crippen molar-refractivity contribution in [1.29, 1.82) is 0 Å². The lowest BCUT2D eigenvalue weighted by atomic mass is 10.1. The van der Waals surface area contributed by atoms with Crippen LogP contribution in [0, 0.1) is 0 Å². The average Bonchev–Trinajstić information content (AvgIpc) is 2.77. The Kier molecular flexibility index (Phi) is 10.0. The molecule has 3 aromatic rings. The van der Waals surface area contributed by atoms with E-state index in [4.69, 9.17) is 9.88 Å². The number of ether oxygens (including phenoxy) is 1. The summed E-state index contributed by atoms with van der Waals surface area (Å²) in [5.41, 5.74) is 2.52. The Labute approximate surface area is 182 Å². The van der Waals surface area contributed by atoms with Gasteiger partial charge in [-0.3, -0.25) is 0 Å². The van der Waals surface area contributed by atoms with Crippen LogP contribution < -0.4 is 15.2 Å². The Morgan fingerprint density at radius 3 is 2.00 bits per heavy atom. The SMILES string of the molecule is CCCCc1ccc(S(N)(=O)=O)cc1.COc1ccc(CPc2ccccc2)cc1. The van der Waals surface area contributed by atoms with Crippen LogP contribution in [0.25, 0.3) is 0 Å². The van der Waals surface area contributed by atoms with Crippen LogP contribution in [-0.2, 0) is 22.6 Å². The quantitative estimate of drug-likeness (QED) is 0.505. The summed E-state index contributed by atoms with van der Waals surface area (Å²) in [7, 11) is -1.01. The first-order valence-corrected chi connectivity index (χ1v) is 12.7. The van der Waals surface area contributed by atoms with Gasteiger partial charge in [0.2, 0.25) is 10.0 Å². The molecule has 0 radical (unpaired) electrons. The number of methoxy groups -OCH3 is 1. The largest absolute Gasteiger partial charge is 0.497 e. The minimum absolute atomic E-state index is 0.178. The van der Waals surface area contributed by atoms with Crippen LogP contribution in [-0.4, -0.2) is 15.5 Å². The molecule has 160 valence electrons. The zero-order chi connectivity index (χ0) is 21.8. The normalized spacial score (nSPS) is 11.2. The van der Waals surface area contributed by atoms with Crippen molar-refractivity contribution in [3.8, 4) is 5.75 Å². The predicted octanol–water partition coefficient (Wildman–Crippen LogP) is 4.88. The third kappa shape index (κ3) is 8.66. The number of sulfonamides is 1. The zero-order valence-electron chi connectivity index (χ0n) is 17.5. The molecule has 0 bridgehead atoms. The van der Waals surface area contributed by atoms with Crippen molar-refractivity contribution in [2.24, 2.45) is 5.14 Å². The molecule has 2 N–H and O–H groups in total. The minimum atomic E-state index is -3.54. The summed E-state index contributed by atoms with van der Waals surface area (Å²) in [5.74, 6) is 0.923. The fourth-order valence-corrected chi connectivity index (χ4v) is 4.32. The molecule has 3 aromatic carbocycles. The van der Waals surface area contributed by atoms with E-state index < -0.39 is 10.0 Å². The van der Waals surface area contributed by atoms with Crippen molar-refractivity contribution in [3.05, 3.63) is 90.0 Å². The fourth-order valence-electron chi connectivity index (χ4n) is 2.73. The Morgan fingerprint density at radius 1 is 0.867 bits per heavy atom. The third-order valence-corrected chi connectivity index (χ3v) is 6.76. The molecule has 0 aliphatic rings. The highest BCUT2D eigenvalue weighted by molar-refractivity contribution is 7.89. The van der Waals surface area contributed by atoms with Crippen molar-refractivity contribution < 1.29 is 13.2 Å². The predicted molar refractivity (Wildman–Crippen MR) is 128 cm³/mol. The molecule has 0 saturated heterocycles. The lowest BCUT2D eigenvalue weighted by Gasteiger charge is -2.04. The second kappa shape index (κ2) is 12.5.